The van der Waals surface area contributed by atoms with Gasteiger partial charge >= 0.3 is 0 Å². The van der Waals surface area contributed by atoms with Gasteiger partial charge in [0.1, 0.15) is 5.54 Å². The summed E-state index contributed by atoms with van der Waals surface area (Å²) in [5.41, 5.74) is 2.21. The highest BCUT2D eigenvalue weighted by Gasteiger charge is 2.29. The molecule has 0 bridgehead atoms. The number of hydrogen-bond donors (Lipinski definition) is 4. The van der Waals surface area contributed by atoms with E-state index in [1.807, 2.05) is 12.1 Å². The lowest BCUT2D eigenvalue weighted by atomic mass is 10.0. The minimum absolute atomic E-state index is 0.176. The molecule has 0 saturated heterocycles. The molecule has 0 unspecified atom stereocenters. The number of carbonyl (C=O) groups is 1. The molecule has 5 heteroatoms. The highest BCUT2D eigenvalue weighted by molar-refractivity contribution is 5.79. The van der Waals surface area contributed by atoms with Crippen molar-refractivity contribution >= 4 is 5.91 Å². The maximum absolute atomic E-state index is 12.0. The van der Waals surface area contributed by atoms with Gasteiger partial charge in [0.05, 0.1) is 26.2 Å². The number of carbonyl (C=O) groups excluding carboxylic acids is 1. The van der Waals surface area contributed by atoms with Gasteiger partial charge in [-0.25, -0.2) is 0 Å². The van der Waals surface area contributed by atoms with Gasteiger partial charge in [-0.2, -0.15) is 0 Å². The minimum Gasteiger partial charge on any atom is -0.394 e. The Hall–Kier alpha value is -1.43. The molecule has 0 spiro atoms. The fraction of sp³-hybridized carbons (Fsp3) is 0.533. The van der Waals surface area contributed by atoms with Gasteiger partial charge in [-0.15, -0.1) is 0 Å². The number of aryl methyl sites for hydroxylation is 2. The van der Waals surface area contributed by atoms with E-state index >= 15 is 0 Å². The molecule has 1 aromatic rings. The zero-order valence-electron chi connectivity index (χ0n) is 11.4. The van der Waals surface area contributed by atoms with E-state index in [1.165, 1.54) is 11.1 Å². The number of hydrogen-bond acceptors (Lipinski definition) is 4. The molecule has 0 aromatic heterocycles. The molecule has 0 fully saturated rings. The summed E-state index contributed by atoms with van der Waals surface area (Å²) in [7, 11) is 0. The van der Waals surface area contributed by atoms with E-state index in [4.69, 9.17) is 0 Å². The summed E-state index contributed by atoms with van der Waals surface area (Å²) in [6, 6.07) is 6.03. The normalized spacial score (nSPS) is 14.2. The second-order valence-corrected chi connectivity index (χ2v) is 5.44. The van der Waals surface area contributed by atoms with Crippen LogP contribution in [0, 0.1) is 0 Å². The summed E-state index contributed by atoms with van der Waals surface area (Å²) in [6.45, 7) is -1.51. The number of nitrogens with one attached hydrogen (secondary N) is 1. The third kappa shape index (κ3) is 3.17. The Kier molecular flexibility index (Phi) is 4.75. The number of rotatable bonds is 6. The van der Waals surface area contributed by atoms with Gasteiger partial charge in [0, 0.05) is 0 Å². The van der Waals surface area contributed by atoms with Crippen molar-refractivity contribution in [1.29, 1.82) is 0 Å². The molecule has 0 atom stereocenters. The standard InChI is InChI=1S/C15H21NO4/c17-8-15(9-18,10-19)16-14(20)7-11-4-5-12-2-1-3-13(12)6-11/h4-6,17-19H,1-3,7-10H2,(H,16,20). The van der Waals surface area contributed by atoms with Crippen LogP contribution in [0.5, 0.6) is 0 Å². The Bertz CT molecular complexity index is 474. The smallest absolute Gasteiger partial charge is 0.225 e. The van der Waals surface area contributed by atoms with Crippen LogP contribution in [0.25, 0.3) is 0 Å². The first kappa shape index (κ1) is 15.0. The van der Waals surface area contributed by atoms with Crippen molar-refractivity contribution in [2.75, 3.05) is 19.8 Å². The number of benzene rings is 1. The Morgan fingerprint density at radius 3 is 2.40 bits per heavy atom. The lowest BCUT2D eigenvalue weighted by Gasteiger charge is -2.28. The highest BCUT2D eigenvalue weighted by Crippen LogP contribution is 2.23. The molecule has 0 heterocycles. The molecule has 0 saturated carbocycles. The minimum atomic E-state index is -1.35. The quantitative estimate of drug-likeness (QED) is 0.568. The average Bonchev–Trinajstić information content (AvgIpc) is 2.92. The van der Waals surface area contributed by atoms with Crippen LogP contribution in [0.1, 0.15) is 23.1 Å². The van der Waals surface area contributed by atoms with Crippen molar-refractivity contribution < 1.29 is 20.1 Å². The third-order valence-electron chi connectivity index (χ3n) is 3.84. The molecule has 1 aliphatic rings. The summed E-state index contributed by atoms with van der Waals surface area (Å²) < 4.78 is 0. The van der Waals surface area contributed by atoms with Gasteiger partial charge in [-0.3, -0.25) is 4.79 Å². The van der Waals surface area contributed by atoms with Crippen LogP contribution in [0.4, 0.5) is 0 Å². The second kappa shape index (κ2) is 6.35. The molecule has 20 heavy (non-hydrogen) atoms. The summed E-state index contributed by atoms with van der Waals surface area (Å²) in [4.78, 5) is 12.0. The molecule has 1 aliphatic carbocycles. The van der Waals surface area contributed by atoms with Gasteiger partial charge in [0.15, 0.2) is 0 Å². The van der Waals surface area contributed by atoms with Gasteiger partial charge in [0.25, 0.3) is 0 Å². The van der Waals surface area contributed by atoms with E-state index in [-0.39, 0.29) is 12.3 Å². The van der Waals surface area contributed by atoms with E-state index in [0.29, 0.717) is 0 Å². The largest absolute Gasteiger partial charge is 0.394 e. The molecule has 0 radical (unpaired) electrons. The van der Waals surface area contributed by atoms with E-state index < -0.39 is 25.4 Å². The summed E-state index contributed by atoms with van der Waals surface area (Å²) in [5, 5.41) is 30.1. The Balaban J connectivity index is 2.01. The Labute approximate surface area is 118 Å². The molecule has 5 nitrogen and oxygen atoms in total. The monoisotopic (exact) mass is 279 g/mol. The van der Waals surface area contributed by atoms with Crippen LogP contribution in [0.15, 0.2) is 18.2 Å². The van der Waals surface area contributed by atoms with Crippen LogP contribution >= 0.6 is 0 Å². The maximum atomic E-state index is 12.0. The number of aliphatic hydroxyl groups excluding tert-OH is 3. The van der Waals surface area contributed by atoms with E-state index in [2.05, 4.69) is 11.4 Å². The molecule has 1 amide bonds. The van der Waals surface area contributed by atoms with Gasteiger partial charge in [0.2, 0.25) is 5.91 Å². The van der Waals surface area contributed by atoms with E-state index in [0.717, 1.165) is 24.8 Å². The lowest BCUT2D eigenvalue weighted by Crippen LogP contribution is -2.57. The Morgan fingerprint density at radius 2 is 1.75 bits per heavy atom. The maximum Gasteiger partial charge on any atom is 0.225 e. The number of fused-ring (bicyclic) bond motifs is 1. The first-order valence-corrected chi connectivity index (χ1v) is 6.87. The molecular weight excluding hydrogens is 258 g/mol. The van der Waals surface area contributed by atoms with Crippen LogP contribution in [-0.4, -0.2) is 46.6 Å². The number of amides is 1. The van der Waals surface area contributed by atoms with Crippen molar-refractivity contribution in [2.24, 2.45) is 0 Å². The zero-order chi connectivity index (χ0) is 14.6. The first-order chi connectivity index (χ1) is 9.62. The molecule has 0 aliphatic heterocycles. The van der Waals surface area contributed by atoms with Gasteiger partial charge < -0.3 is 20.6 Å². The summed E-state index contributed by atoms with van der Waals surface area (Å²) in [6.07, 6.45) is 3.49. The van der Waals surface area contributed by atoms with E-state index in [1.54, 1.807) is 0 Å². The predicted molar refractivity (Wildman–Crippen MR) is 74.3 cm³/mol. The van der Waals surface area contributed by atoms with Crippen LogP contribution < -0.4 is 5.32 Å². The van der Waals surface area contributed by atoms with Crippen LogP contribution in [0.3, 0.4) is 0 Å². The fourth-order valence-electron chi connectivity index (χ4n) is 2.53. The molecule has 4 N–H and O–H groups in total. The third-order valence-corrected chi connectivity index (χ3v) is 3.84. The van der Waals surface area contributed by atoms with Crippen molar-refractivity contribution in [3.05, 3.63) is 34.9 Å². The predicted octanol–water partition coefficient (Wildman–Crippen LogP) is -0.450. The van der Waals surface area contributed by atoms with Gasteiger partial charge in [-0.05, 0) is 36.0 Å². The van der Waals surface area contributed by atoms with Crippen molar-refractivity contribution in [3.8, 4) is 0 Å². The van der Waals surface area contributed by atoms with Crippen molar-refractivity contribution in [2.45, 2.75) is 31.2 Å². The summed E-state index contributed by atoms with van der Waals surface area (Å²) >= 11 is 0. The number of aliphatic hydroxyl groups is 3. The van der Waals surface area contributed by atoms with Gasteiger partial charge in [-0.1, -0.05) is 18.2 Å². The fourth-order valence-corrected chi connectivity index (χ4v) is 2.53. The van der Waals surface area contributed by atoms with E-state index in [9.17, 15) is 20.1 Å². The molecule has 1 aromatic carbocycles. The Morgan fingerprint density at radius 1 is 1.10 bits per heavy atom. The van der Waals surface area contributed by atoms with Crippen molar-refractivity contribution in [1.82, 2.24) is 5.32 Å². The van der Waals surface area contributed by atoms with Crippen LogP contribution in [-0.2, 0) is 24.1 Å². The highest BCUT2D eigenvalue weighted by atomic mass is 16.3. The van der Waals surface area contributed by atoms with Crippen LogP contribution in [0.2, 0.25) is 0 Å². The first-order valence-electron chi connectivity index (χ1n) is 6.87. The lowest BCUT2D eigenvalue weighted by molar-refractivity contribution is -0.124. The van der Waals surface area contributed by atoms with Crippen molar-refractivity contribution in [3.63, 3.8) is 0 Å². The average molecular weight is 279 g/mol. The topological polar surface area (TPSA) is 89.8 Å². The second-order valence-electron chi connectivity index (χ2n) is 5.44. The summed E-state index contributed by atoms with van der Waals surface area (Å²) in [5.74, 6) is -0.319. The SMILES string of the molecule is O=C(Cc1ccc2c(c1)CCC2)NC(CO)(CO)CO. The molecular formula is C15H21NO4. The molecule has 2 rings (SSSR count). The zero-order valence-corrected chi connectivity index (χ0v) is 11.4. The molecule has 110 valence electrons.